The van der Waals surface area contributed by atoms with Crippen molar-refractivity contribution in [3.63, 3.8) is 0 Å². The molecule has 2 fully saturated rings. The number of piperazine rings is 1. The Hall–Kier alpha value is -1.62. The second-order valence-electron chi connectivity index (χ2n) is 7.39. The van der Waals surface area contributed by atoms with Crippen molar-refractivity contribution in [2.75, 3.05) is 49.1 Å². The Morgan fingerprint density at radius 1 is 0.966 bits per heavy atom. The van der Waals surface area contributed by atoms with Crippen LogP contribution in [0.5, 0.6) is 0 Å². The number of halogens is 1. The minimum absolute atomic E-state index is 0. The summed E-state index contributed by atoms with van der Waals surface area (Å²) in [5.74, 6) is 1.70. The van der Waals surface area contributed by atoms with Gasteiger partial charge in [-0.1, -0.05) is 18.9 Å². The van der Waals surface area contributed by atoms with Crippen LogP contribution in [0.15, 0.2) is 34.9 Å². The van der Waals surface area contributed by atoms with Crippen LogP contribution in [0.4, 0.5) is 10.9 Å². The second kappa shape index (κ2) is 11.0. The van der Waals surface area contributed by atoms with Crippen LogP contribution in [-0.4, -0.2) is 60.1 Å². The Balaban J connectivity index is 0.00000240. The van der Waals surface area contributed by atoms with E-state index in [4.69, 9.17) is 5.73 Å². The summed E-state index contributed by atoms with van der Waals surface area (Å²) in [5, 5.41) is 3.11. The van der Waals surface area contributed by atoms with Crippen LogP contribution in [0.1, 0.15) is 31.2 Å². The van der Waals surface area contributed by atoms with Gasteiger partial charge in [-0.25, -0.2) is 15.0 Å². The predicted molar refractivity (Wildman–Crippen MR) is 132 cm³/mol. The number of rotatable bonds is 4. The van der Waals surface area contributed by atoms with Gasteiger partial charge < -0.3 is 20.4 Å². The first kappa shape index (κ1) is 22.1. The molecule has 2 aliphatic rings. The number of aliphatic imine (C=N–C) groups is 1. The molecule has 0 atom stereocenters. The molecule has 29 heavy (non-hydrogen) atoms. The van der Waals surface area contributed by atoms with E-state index in [1.165, 1.54) is 25.7 Å². The van der Waals surface area contributed by atoms with Gasteiger partial charge in [0.25, 0.3) is 0 Å². The molecule has 2 aliphatic heterocycles. The lowest BCUT2D eigenvalue weighted by atomic mass is 10.2. The normalized spacial score (nSPS) is 18.3. The smallest absolute Gasteiger partial charge is 0.191 e. The van der Waals surface area contributed by atoms with E-state index in [1.54, 1.807) is 11.3 Å². The average Bonchev–Trinajstić information content (AvgIpc) is 3.15. The highest BCUT2D eigenvalue weighted by Crippen LogP contribution is 2.19. The topological polar surface area (TPSA) is 73.9 Å². The summed E-state index contributed by atoms with van der Waals surface area (Å²) in [6.07, 6.45) is 8.99. The molecule has 0 amide bonds. The summed E-state index contributed by atoms with van der Waals surface area (Å²) < 4.78 is 0. The number of pyridine rings is 1. The summed E-state index contributed by atoms with van der Waals surface area (Å²) in [7, 11) is 0. The van der Waals surface area contributed by atoms with Crippen molar-refractivity contribution >= 4 is 52.2 Å². The molecular weight excluding hydrogens is 497 g/mol. The summed E-state index contributed by atoms with van der Waals surface area (Å²) in [5.41, 5.74) is 7.34. The minimum Gasteiger partial charge on any atom is -0.370 e. The second-order valence-corrected chi connectivity index (χ2v) is 8.26. The van der Waals surface area contributed by atoms with Crippen LogP contribution in [-0.2, 0) is 6.54 Å². The Morgan fingerprint density at radius 2 is 1.72 bits per heavy atom. The molecule has 158 valence electrons. The molecule has 0 aliphatic carbocycles. The summed E-state index contributed by atoms with van der Waals surface area (Å²) in [4.78, 5) is 20.5. The van der Waals surface area contributed by atoms with Gasteiger partial charge in [0.15, 0.2) is 11.1 Å². The lowest BCUT2D eigenvalue weighted by molar-refractivity contribution is 0.380. The van der Waals surface area contributed by atoms with Gasteiger partial charge in [-0.05, 0) is 24.5 Å². The zero-order valence-corrected chi connectivity index (χ0v) is 19.9. The fraction of sp³-hybridized carbons (Fsp3) is 0.550. The highest BCUT2D eigenvalue weighted by atomic mass is 127. The van der Waals surface area contributed by atoms with E-state index in [-0.39, 0.29) is 24.0 Å². The Labute approximate surface area is 194 Å². The van der Waals surface area contributed by atoms with E-state index < -0.39 is 0 Å². The largest absolute Gasteiger partial charge is 0.370 e. The molecule has 2 aromatic rings. The first-order chi connectivity index (χ1) is 13.8. The van der Waals surface area contributed by atoms with Crippen LogP contribution in [0.25, 0.3) is 0 Å². The third kappa shape index (κ3) is 5.94. The van der Waals surface area contributed by atoms with E-state index in [9.17, 15) is 0 Å². The monoisotopic (exact) mass is 527 g/mol. The molecule has 4 rings (SSSR count). The summed E-state index contributed by atoms with van der Waals surface area (Å²) >= 11 is 1.68. The maximum absolute atomic E-state index is 6.24. The van der Waals surface area contributed by atoms with Crippen molar-refractivity contribution in [2.45, 2.75) is 32.2 Å². The molecule has 2 saturated heterocycles. The molecule has 0 spiro atoms. The average molecular weight is 527 g/mol. The van der Waals surface area contributed by atoms with Crippen LogP contribution >= 0.6 is 35.3 Å². The summed E-state index contributed by atoms with van der Waals surface area (Å²) in [6.45, 7) is 6.41. The number of thiazole rings is 1. The lowest BCUT2D eigenvalue weighted by Crippen LogP contribution is -2.51. The molecule has 2 N–H and O–H groups in total. The van der Waals surface area contributed by atoms with Crippen molar-refractivity contribution in [1.82, 2.24) is 14.9 Å². The molecular formula is C20H30IN7S. The molecule has 0 radical (unpaired) electrons. The molecule has 2 aromatic heterocycles. The maximum atomic E-state index is 6.24. The van der Waals surface area contributed by atoms with Crippen molar-refractivity contribution in [1.29, 1.82) is 0 Å². The van der Waals surface area contributed by atoms with Crippen molar-refractivity contribution in [3.05, 3.63) is 35.5 Å². The highest BCUT2D eigenvalue weighted by molar-refractivity contribution is 14.0. The number of nitrogens with zero attached hydrogens (tertiary/aromatic N) is 6. The lowest BCUT2D eigenvalue weighted by Gasteiger charge is -2.35. The van der Waals surface area contributed by atoms with Gasteiger partial charge in [0.2, 0.25) is 0 Å². The van der Waals surface area contributed by atoms with Crippen LogP contribution in [0.3, 0.4) is 0 Å². The van der Waals surface area contributed by atoms with Crippen LogP contribution < -0.4 is 15.5 Å². The molecule has 9 heteroatoms. The standard InChI is InChI=1S/C20H29N7S.HI/c21-19(26-10-12-27(13-11-26)20-22-7-14-28-20)24-16-17-5-6-18(23-15-17)25-8-3-1-2-4-9-25;/h5-7,14-15H,1-4,8-13,16H2,(H2,21,24);1H. The SMILES string of the molecule is I.NC(=NCc1ccc(N2CCCCCC2)nc1)N1CCN(c2nccs2)CC1. The van der Waals surface area contributed by atoms with E-state index in [0.717, 1.165) is 55.8 Å². The molecule has 0 unspecified atom stereocenters. The quantitative estimate of drug-likeness (QED) is 0.374. The van der Waals surface area contributed by atoms with Crippen molar-refractivity contribution in [2.24, 2.45) is 10.7 Å². The Kier molecular flexibility index (Phi) is 8.34. The predicted octanol–water partition coefficient (Wildman–Crippen LogP) is 3.17. The third-order valence-corrected chi connectivity index (χ3v) is 6.29. The van der Waals surface area contributed by atoms with Crippen LogP contribution in [0, 0.1) is 0 Å². The summed E-state index contributed by atoms with van der Waals surface area (Å²) in [6, 6.07) is 4.25. The van der Waals surface area contributed by atoms with Gasteiger partial charge in [0, 0.05) is 57.0 Å². The van der Waals surface area contributed by atoms with Crippen molar-refractivity contribution < 1.29 is 0 Å². The fourth-order valence-corrected chi connectivity index (χ4v) is 4.47. The number of hydrogen-bond acceptors (Lipinski definition) is 6. The van der Waals surface area contributed by atoms with Crippen molar-refractivity contribution in [3.8, 4) is 0 Å². The minimum atomic E-state index is 0. The Morgan fingerprint density at radius 3 is 2.34 bits per heavy atom. The van der Waals surface area contributed by atoms with Gasteiger partial charge in [-0.15, -0.1) is 35.3 Å². The fourth-order valence-electron chi connectivity index (χ4n) is 3.77. The first-order valence-electron chi connectivity index (χ1n) is 10.2. The number of hydrogen-bond donors (Lipinski definition) is 1. The number of aromatic nitrogens is 2. The zero-order chi connectivity index (χ0) is 19.2. The molecule has 4 heterocycles. The van der Waals surface area contributed by atoms with Gasteiger partial charge in [0.1, 0.15) is 5.82 Å². The van der Waals surface area contributed by atoms with E-state index in [0.29, 0.717) is 12.5 Å². The zero-order valence-electron chi connectivity index (χ0n) is 16.7. The molecule has 7 nitrogen and oxygen atoms in total. The third-order valence-electron chi connectivity index (χ3n) is 5.46. The van der Waals surface area contributed by atoms with Gasteiger partial charge >= 0.3 is 0 Å². The maximum Gasteiger partial charge on any atom is 0.191 e. The first-order valence-corrected chi connectivity index (χ1v) is 11.1. The van der Waals surface area contributed by atoms with E-state index in [2.05, 4.69) is 41.8 Å². The van der Waals surface area contributed by atoms with Gasteiger partial charge in [-0.3, -0.25) is 0 Å². The molecule has 0 bridgehead atoms. The number of anilines is 2. The molecule has 0 saturated carbocycles. The van der Waals surface area contributed by atoms with Gasteiger partial charge in [0.05, 0.1) is 6.54 Å². The van der Waals surface area contributed by atoms with E-state index >= 15 is 0 Å². The Bertz CT molecular complexity index is 750. The van der Waals surface area contributed by atoms with Crippen LogP contribution in [0.2, 0.25) is 0 Å². The van der Waals surface area contributed by atoms with Gasteiger partial charge in [-0.2, -0.15) is 0 Å². The molecule has 0 aromatic carbocycles. The number of nitrogens with two attached hydrogens (primary N) is 1. The number of guanidine groups is 1. The van der Waals surface area contributed by atoms with E-state index in [1.807, 2.05) is 17.8 Å². The highest BCUT2D eigenvalue weighted by Gasteiger charge is 2.19.